The molecule has 0 saturated heterocycles. The largest absolute Gasteiger partial charge is 0.534 e. The van der Waals surface area contributed by atoms with E-state index in [0.29, 0.717) is 4.73 Å². The van der Waals surface area contributed by atoms with Gasteiger partial charge in [-0.3, -0.25) is 19.2 Å². The molecule has 0 spiro atoms. The molecule has 34 heavy (non-hydrogen) atoms. The molecule has 0 aliphatic rings. The number of rotatable bonds is 11. The zero-order valence-electron chi connectivity index (χ0n) is 19.3. The molecule has 0 unspecified atom stereocenters. The maximum absolute atomic E-state index is 12.7. The van der Waals surface area contributed by atoms with Crippen LogP contribution in [0.5, 0.6) is 11.8 Å². The van der Waals surface area contributed by atoms with Crippen LogP contribution in [0.3, 0.4) is 0 Å². The minimum Gasteiger partial charge on any atom is -0.492 e. The molecule has 1 rings (SSSR count). The lowest BCUT2D eigenvalue weighted by Crippen LogP contribution is -2.43. The van der Waals surface area contributed by atoms with Crippen LogP contribution in [0.1, 0.15) is 34.6 Å². The molecular formula is C20H27Br2NO11. The summed E-state index contributed by atoms with van der Waals surface area (Å²) in [7, 11) is 0. The molecule has 2 N–H and O–H groups in total. The van der Waals surface area contributed by atoms with Gasteiger partial charge in [0.2, 0.25) is 11.8 Å². The van der Waals surface area contributed by atoms with Gasteiger partial charge in [0.25, 0.3) is 0 Å². The van der Waals surface area contributed by atoms with Crippen molar-refractivity contribution in [3.8, 4) is 11.8 Å². The SMILES string of the molecule is CC(C)(Br)C(=O)OCC(C)(COC(=O)C(C)(C)Br)C(=O)OCCOC(=O)On1c(O)ccc1O. The van der Waals surface area contributed by atoms with Crippen LogP contribution < -0.4 is 4.84 Å². The molecular weight excluding hydrogens is 590 g/mol. The zero-order valence-corrected chi connectivity index (χ0v) is 22.4. The van der Waals surface area contributed by atoms with Crippen LogP contribution in [0.25, 0.3) is 0 Å². The fourth-order valence-corrected chi connectivity index (χ4v) is 2.21. The highest BCUT2D eigenvalue weighted by Gasteiger charge is 2.41. The first-order chi connectivity index (χ1) is 15.5. The van der Waals surface area contributed by atoms with Crippen molar-refractivity contribution in [3.05, 3.63) is 12.1 Å². The molecule has 14 heteroatoms. The summed E-state index contributed by atoms with van der Waals surface area (Å²) in [6.07, 6.45) is -1.29. The van der Waals surface area contributed by atoms with Crippen LogP contribution in [-0.4, -0.2) is 74.1 Å². The van der Waals surface area contributed by atoms with E-state index < -0.39 is 76.3 Å². The molecule has 0 aromatic carbocycles. The molecule has 0 radical (unpaired) electrons. The second-order valence-corrected chi connectivity index (χ2v) is 12.3. The molecule has 0 atom stereocenters. The fraction of sp³-hybridized carbons (Fsp3) is 0.600. The Hall–Kier alpha value is -2.48. The highest BCUT2D eigenvalue weighted by molar-refractivity contribution is 9.10. The van der Waals surface area contributed by atoms with Gasteiger partial charge in [-0.25, -0.2) is 4.79 Å². The summed E-state index contributed by atoms with van der Waals surface area (Å²) in [6, 6.07) is 2.16. The quantitative estimate of drug-likeness (QED) is 0.163. The zero-order chi connectivity index (χ0) is 26.3. The van der Waals surface area contributed by atoms with Crippen LogP contribution in [0.15, 0.2) is 12.1 Å². The van der Waals surface area contributed by atoms with E-state index in [0.717, 1.165) is 12.1 Å². The number of nitrogens with zero attached hydrogens (tertiary/aromatic N) is 1. The molecule has 0 saturated carbocycles. The molecule has 1 heterocycles. The van der Waals surface area contributed by atoms with E-state index in [9.17, 15) is 29.4 Å². The van der Waals surface area contributed by atoms with Gasteiger partial charge in [0.05, 0.1) is 0 Å². The lowest BCUT2D eigenvalue weighted by atomic mass is 9.93. The lowest BCUT2D eigenvalue weighted by Gasteiger charge is -2.28. The lowest BCUT2D eigenvalue weighted by molar-refractivity contribution is -0.171. The van der Waals surface area contributed by atoms with Crippen LogP contribution in [-0.2, 0) is 33.3 Å². The normalized spacial score (nSPS) is 12.0. The van der Waals surface area contributed by atoms with Crippen LogP contribution in [0, 0.1) is 5.41 Å². The van der Waals surface area contributed by atoms with E-state index in [1.54, 1.807) is 27.7 Å². The van der Waals surface area contributed by atoms with Crippen molar-refractivity contribution in [2.75, 3.05) is 26.4 Å². The Bertz CT molecular complexity index is 850. The third-order valence-electron chi connectivity index (χ3n) is 4.01. The van der Waals surface area contributed by atoms with Gasteiger partial charge in [-0.2, -0.15) is 0 Å². The van der Waals surface area contributed by atoms with Crippen molar-refractivity contribution >= 4 is 55.9 Å². The molecule has 12 nitrogen and oxygen atoms in total. The van der Waals surface area contributed by atoms with E-state index in [1.165, 1.54) is 6.92 Å². The van der Waals surface area contributed by atoms with Gasteiger partial charge in [0.15, 0.2) is 0 Å². The van der Waals surface area contributed by atoms with E-state index in [1.807, 2.05) is 0 Å². The predicted molar refractivity (Wildman–Crippen MR) is 123 cm³/mol. The Morgan fingerprint density at radius 2 is 1.18 bits per heavy atom. The molecule has 0 fully saturated rings. The third kappa shape index (κ3) is 9.05. The molecule has 1 aromatic rings. The van der Waals surface area contributed by atoms with Crippen molar-refractivity contribution < 1.29 is 53.2 Å². The van der Waals surface area contributed by atoms with E-state index in [-0.39, 0.29) is 0 Å². The summed E-state index contributed by atoms with van der Waals surface area (Å²) in [6.45, 7) is 5.85. The predicted octanol–water partition coefficient (Wildman–Crippen LogP) is 2.45. The summed E-state index contributed by atoms with van der Waals surface area (Å²) >= 11 is 6.31. The fourth-order valence-electron chi connectivity index (χ4n) is 1.98. The first-order valence-corrected chi connectivity index (χ1v) is 11.4. The Balaban J connectivity index is 2.69. The van der Waals surface area contributed by atoms with Gasteiger partial charge in [-0.15, -0.1) is 4.73 Å². The van der Waals surface area contributed by atoms with Gasteiger partial charge >= 0.3 is 24.1 Å². The summed E-state index contributed by atoms with van der Waals surface area (Å²) in [5.74, 6) is -3.27. The first kappa shape index (κ1) is 29.6. The van der Waals surface area contributed by atoms with E-state index in [2.05, 4.69) is 36.7 Å². The van der Waals surface area contributed by atoms with Crippen molar-refractivity contribution in [2.45, 2.75) is 43.3 Å². The Kier molecular flexibility index (Phi) is 10.2. The summed E-state index contributed by atoms with van der Waals surface area (Å²) in [5.41, 5.74) is -1.56. The number of esters is 3. The second-order valence-electron chi connectivity index (χ2n) is 8.33. The average molecular weight is 617 g/mol. The maximum atomic E-state index is 12.7. The maximum Gasteiger partial charge on any atom is 0.534 e. The summed E-state index contributed by atoms with van der Waals surface area (Å²) in [4.78, 5) is 53.1. The van der Waals surface area contributed by atoms with Crippen LogP contribution >= 0.6 is 31.9 Å². The number of aromatic nitrogens is 1. The number of alkyl halides is 2. The molecule has 192 valence electrons. The number of halogens is 2. The number of carbonyl (C=O) groups excluding carboxylic acids is 4. The molecule has 0 amide bonds. The Morgan fingerprint density at radius 1 is 0.765 bits per heavy atom. The molecule has 1 aromatic heterocycles. The van der Waals surface area contributed by atoms with E-state index in [4.69, 9.17) is 18.9 Å². The second kappa shape index (κ2) is 11.8. The van der Waals surface area contributed by atoms with Gasteiger partial charge < -0.3 is 29.2 Å². The van der Waals surface area contributed by atoms with Crippen molar-refractivity contribution in [2.24, 2.45) is 5.41 Å². The topological polar surface area (TPSA) is 160 Å². The smallest absolute Gasteiger partial charge is 0.492 e. The minimum absolute atomic E-state index is 0.414. The van der Waals surface area contributed by atoms with Crippen molar-refractivity contribution in [1.29, 1.82) is 0 Å². The Labute approximate surface area is 212 Å². The van der Waals surface area contributed by atoms with Crippen LogP contribution in [0.4, 0.5) is 4.79 Å². The van der Waals surface area contributed by atoms with Gasteiger partial charge in [-0.1, -0.05) is 31.9 Å². The monoisotopic (exact) mass is 615 g/mol. The number of hydrogen-bond donors (Lipinski definition) is 2. The summed E-state index contributed by atoms with van der Waals surface area (Å²) < 4.78 is 18.6. The van der Waals surface area contributed by atoms with Crippen molar-refractivity contribution in [1.82, 2.24) is 4.73 Å². The van der Waals surface area contributed by atoms with Gasteiger partial charge in [0.1, 0.15) is 40.5 Å². The number of carbonyl (C=O) groups is 4. The van der Waals surface area contributed by atoms with Gasteiger partial charge in [0, 0.05) is 12.1 Å². The molecule has 0 aliphatic carbocycles. The Morgan fingerprint density at radius 3 is 1.59 bits per heavy atom. The minimum atomic E-state index is -1.56. The average Bonchev–Trinajstić information content (AvgIpc) is 3.03. The number of ether oxygens (including phenoxy) is 4. The standard InChI is InChI=1S/C20H27Br2NO11/c1-18(2,21)14(26)32-10-20(5,11-33-15(27)19(3,4)22)16(28)30-8-9-31-17(29)34-23-12(24)6-7-13(23)25/h6-7,24-25H,8-11H2,1-5H3. The molecule has 0 bridgehead atoms. The number of hydrogen-bond acceptors (Lipinski definition) is 11. The first-order valence-electron chi connectivity index (χ1n) is 9.81. The molecule has 0 aliphatic heterocycles. The third-order valence-corrected chi connectivity index (χ3v) is 4.65. The highest BCUT2D eigenvalue weighted by atomic mass is 79.9. The number of aromatic hydroxyl groups is 2. The highest BCUT2D eigenvalue weighted by Crippen LogP contribution is 2.26. The van der Waals surface area contributed by atoms with E-state index >= 15 is 0 Å². The van der Waals surface area contributed by atoms with Crippen LogP contribution in [0.2, 0.25) is 0 Å². The van der Waals surface area contributed by atoms with Gasteiger partial charge in [-0.05, 0) is 34.6 Å². The van der Waals surface area contributed by atoms with Crippen molar-refractivity contribution in [3.63, 3.8) is 0 Å². The summed E-state index contributed by atoms with van der Waals surface area (Å²) in [5, 5.41) is 18.8.